The fourth-order valence-electron chi connectivity index (χ4n) is 4.86. The van der Waals surface area contributed by atoms with Crippen molar-refractivity contribution in [2.24, 2.45) is 0 Å². The average Bonchev–Trinajstić information content (AvgIpc) is 2.92. The number of piperazine rings is 1. The fraction of sp³-hybridized carbons (Fsp3) is 0.241. The number of aromatic nitrogens is 1. The second kappa shape index (κ2) is 11.5. The lowest BCUT2D eigenvalue weighted by molar-refractivity contribution is 0.0628. The van der Waals surface area contributed by atoms with Gasteiger partial charge in [0.2, 0.25) is 0 Å². The van der Waals surface area contributed by atoms with Crippen molar-refractivity contribution in [1.29, 1.82) is 0 Å². The van der Waals surface area contributed by atoms with E-state index in [1.807, 2.05) is 24.3 Å². The first-order valence-corrected chi connectivity index (χ1v) is 14.8. The normalized spacial score (nSPS) is 14.5. The predicted octanol–water partition coefficient (Wildman–Crippen LogP) is 5.48. The molecule has 4 aromatic rings. The van der Waals surface area contributed by atoms with E-state index in [9.17, 15) is 13.2 Å². The van der Waals surface area contributed by atoms with E-state index in [1.165, 1.54) is 7.11 Å². The Balaban J connectivity index is 1.28. The average molecular weight is 585 g/mol. The zero-order valence-electron chi connectivity index (χ0n) is 21.3. The molecule has 0 N–H and O–H groups in total. The number of sulfone groups is 1. The molecule has 1 saturated heterocycles. The van der Waals surface area contributed by atoms with Crippen LogP contribution in [0.2, 0.25) is 10.0 Å². The first-order valence-electron chi connectivity index (χ1n) is 12.4. The standard InChI is InChI=1S/C29H27Cl2N3O4S/c1-38-26-16-22(29(35)34-12-10-33(11-13-34)18-20-14-24(30)17-25(31)15-20)7-8-23(26)19-39(36,37)27-6-2-4-21-5-3-9-32-28(21)27/h2-9,14-17H,10-13,18-19H2,1H3. The van der Waals surface area contributed by atoms with Crippen molar-refractivity contribution in [3.63, 3.8) is 0 Å². The number of hydrogen-bond acceptors (Lipinski definition) is 6. The van der Waals surface area contributed by atoms with Crippen molar-refractivity contribution < 1.29 is 17.9 Å². The smallest absolute Gasteiger partial charge is 0.254 e. The van der Waals surface area contributed by atoms with E-state index in [0.717, 1.165) is 10.9 Å². The summed E-state index contributed by atoms with van der Waals surface area (Å²) < 4.78 is 32.2. The van der Waals surface area contributed by atoms with Crippen molar-refractivity contribution in [3.8, 4) is 5.75 Å². The van der Waals surface area contributed by atoms with Crippen LogP contribution in [-0.2, 0) is 22.1 Å². The highest BCUT2D eigenvalue weighted by molar-refractivity contribution is 7.90. The van der Waals surface area contributed by atoms with E-state index in [0.29, 0.717) is 65.2 Å². The van der Waals surface area contributed by atoms with E-state index in [-0.39, 0.29) is 16.6 Å². The second-order valence-electron chi connectivity index (χ2n) is 9.46. The molecule has 1 aliphatic heterocycles. The summed E-state index contributed by atoms with van der Waals surface area (Å²) in [4.78, 5) is 21.8. The Morgan fingerprint density at radius 1 is 0.949 bits per heavy atom. The molecule has 0 atom stereocenters. The van der Waals surface area contributed by atoms with E-state index >= 15 is 0 Å². The van der Waals surface area contributed by atoms with Gasteiger partial charge in [-0.2, -0.15) is 0 Å². The van der Waals surface area contributed by atoms with Crippen LogP contribution in [0.15, 0.2) is 77.8 Å². The molecule has 1 aliphatic rings. The zero-order valence-corrected chi connectivity index (χ0v) is 23.6. The Bertz CT molecular complexity index is 1610. The molecule has 0 radical (unpaired) electrons. The second-order valence-corrected chi connectivity index (χ2v) is 12.3. The maximum atomic E-state index is 13.4. The molecule has 1 amide bonds. The Morgan fingerprint density at radius 3 is 2.38 bits per heavy atom. The Hall–Kier alpha value is -3.17. The summed E-state index contributed by atoms with van der Waals surface area (Å²) in [6, 6.07) is 19.1. The molecule has 7 nitrogen and oxygen atoms in total. The third-order valence-electron chi connectivity index (χ3n) is 6.80. The van der Waals surface area contributed by atoms with E-state index in [1.54, 1.807) is 53.6 Å². The van der Waals surface area contributed by atoms with Crippen molar-refractivity contribution >= 4 is 49.8 Å². The van der Waals surface area contributed by atoms with Crippen LogP contribution >= 0.6 is 23.2 Å². The Kier molecular flexibility index (Phi) is 8.09. The molecule has 0 unspecified atom stereocenters. The monoisotopic (exact) mass is 583 g/mol. The highest BCUT2D eigenvalue weighted by Crippen LogP contribution is 2.29. The van der Waals surface area contributed by atoms with Gasteiger partial charge in [0, 0.05) is 65.5 Å². The first-order chi connectivity index (χ1) is 18.7. The number of amides is 1. The number of para-hydroxylation sites is 1. The minimum absolute atomic E-state index is 0.119. The number of nitrogens with zero attached hydrogens (tertiary/aromatic N) is 3. The van der Waals surface area contributed by atoms with Crippen molar-refractivity contribution in [3.05, 3.63) is 99.7 Å². The summed E-state index contributed by atoms with van der Waals surface area (Å²) in [5, 5.41) is 1.96. The van der Waals surface area contributed by atoms with Gasteiger partial charge in [-0.3, -0.25) is 14.7 Å². The number of benzene rings is 3. The van der Waals surface area contributed by atoms with Gasteiger partial charge >= 0.3 is 0 Å². The number of pyridine rings is 1. The molecule has 2 heterocycles. The van der Waals surface area contributed by atoms with Crippen LogP contribution in [0.3, 0.4) is 0 Å². The number of ether oxygens (including phenoxy) is 1. The number of halogens is 2. The topological polar surface area (TPSA) is 79.8 Å². The zero-order chi connectivity index (χ0) is 27.6. The number of carbonyl (C=O) groups excluding carboxylic acids is 1. The maximum absolute atomic E-state index is 13.4. The van der Waals surface area contributed by atoms with Gasteiger partial charge in [-0.1, -0.05) is 47.5 Å². The van der Waals surface area contributed by atoms with Crippen LogP contribution in [0.5, 0.6) is 5.75 Å². The van der Waals surface area contributed by atoms with Crippen molar-refractivity contribution in [2.75, 3.05) is 33.3 Å². The van der Waals surface area contributed by atoms with Crippen LogP contribution in [-0.4, -0.2) is 62.4 Å². The molecule has 5 rings (SSSR count). The van der Waals surface area contributed by atoms with Gasteiger partial charge in [-0.05, 0) is 48.0 Å². The molecule has 39 heavy (non-hydrogen) atoms. The number of fused-ring (bicyclic) bond motifs is 1. The van der Waals surface area contributed by atoms with Crippen molar-refractivity contribution in [2.45, 2.75) is 17.2 Å². The van der Waals surface area contributed by atoms with Gasteiger partial charge in [-0.15, -0.1) is 0 Å². The Labute approximate surface area is 237 Å². The van der Waals surface area contributed by atoms with E-state index < -0.39 is 9.84 Å². The minimum atomic E-state index is -3.72. The van der Waals surface area contributed by atoms with Gasteiger partial charge in [0.15, 0.2) is 9.84 Å². The SMILES string of the molecule is COc1cc(C(=O)N2CCN(Cc3cc(Cl)cc(Cl)c3)CC2)ccc1CS(=O)(=O)c1cccc2cccnc12. The van der Waals surface area contributed by atoms with Crippen LogP contribution in [0, 0.1) is 0 Å². The maximum Gasteiger partial charge on any atom is 0.254 e. The lowest BCUT2D eigenvalue weighted by Gasteiger charge is -2.35. The summed E-state index contributed by atoms with van der Waals surface area (Å²) in [7, 11) is -2.25. The largest absolute Gasteiger partial charge is 0.496 e. The minimum Gasteiger partial charge on any atom is -0.496 e. The molecule has 0 bridgehead atoms. The van der Waals surface area contributed by atoms with Gasteiger partial charge in [0.05, 0.1) is 23.3 Å². The highest BCUT2D eigenvalue weighted by Gasteiger charge is 2.25. The summed E-state index contributed by atoms with van der Waals surface area (Å²) >= 11 is 12.2. The molecular formula is C29H27Cl2N3O4S. The molecular weight excluding hydrogens is 557 g/mol. The van der Waals surface area contributed by atoms with E-state index in [4.69, 9.17) is 27.9 Å². The molecule has 0 aliphatic carbocycles. The van der Waals surface area contributed by atoms with Crippen LogP contribution in [0.4, 0.5) is 0 Å². The lowest BCUT2D eigenvalue weighted by Crippen LogP contribution is -2.48. The molecule has 0 saturated carbocycles. The number of methoxy groups -OCH3 is 1. The summed E-state index contributed by atoms with van der Waals surface area (Å²) in [6.45, 7) is 3.26. The van der Waals surface area contributed by atoms with Crippen LogP contribution in [0.25, 0.3) is 10.9 Å². The van der Waals surface area contributed by atoms with Crippen LogP contribution in [0.1, 0.15) is 21.5 Å². The molecule has 10 heteroatoms. The molecule has 202 valence electrons. The Morgan fingerprint density at radius 2 is 1.67 bits per heavy atom. The predicted molar refractivity (Wildman–Crippen MR) is 153 cm³/mol. The number of hydrogen-bond donors (Lipinski definition) is 0. The molecule has 0 spiro atoms. The molecule has 1 fully saturated rings. The summed E-state index contributed by atoms with van der Waals surface area (Å²) in [5.74, 6) is -0.0347. The third-order valence-corrected chi connectivity index (χ3v) is 8.93. The highest BCUT2D eigenvalue weighted by atomic mass is 35.5. The van der Waals surface area contributed by atoms with Gasteiger partial charge < -0.3 is 9.64 Å². The van der Waals surface area contributed by atoms with Gasteiger partial charge in [-0.25, -0.2) is 8.42 Å². The van der Waals surface area contributed by atoms with E-state index in [2.05, 4.69) is 9.88 Å². The van der Waals surface area contributed by atoms with Crippen molar-refractivity contribution in [1.82, 2.24) is 14.8 Å². The summed E-state index contributed by atoms with van der Waals surface area (Å²) in [6.07, 6.45) is 1.58. The molecule has 1 aromatic heterocycles. The lowest BCUT2D eigenvalue weighted by atomic mass is 10.1. The first kappa shape index (κ1) is 27.4. The molecule has 3 aromatic carbocycles. The van der Waals surface area contributed by atoms with Gasteiger partial charge in [0.1, 0.15) is 5.75 Å². The van der Waals surface area contributed by atoms with Gasteiger partial charge in [0.25, 0.3) is 5.91 Å². The number of rotatable bonds is 7. The quantitative estimate of drug-likeness (QED) is 0.286. The number of carbonyl (C=O) groups is 1. The summed E-state index contributed by atoms with van der Waals surface area (Å²) in [5.41, 5.74) is 2.40. The third kappa shape index (κ3) is 6.20. The van der Waals surface area contributed by atoms with Crippen LogP contribution < -0.4 is 4.74 Å². The fourth-order valence-corrected chi connectivity index (χ4v) is 6.98.